The second-order valence-electron chi connectivity index (χ2n) is 11.0. The summed E-state index contributed by atoms with van der Waals surface area (Å²) in [6.45, 7) is 8.98. The number of aliphatic hydroxyl groups excluding tert-OH is 2. The molecule has 0 spiro atoms. The smallest absolute Gasteiger partial charge is 0.330 e. The third-order valence-corrected chi connectivity index (χ3v) is 7.44. The third-order valence-electron chi connectivity index (χ3n) is 7.44. The lowest BCUT2D eigenvalue weighted by Crippen LogP contribution is -2.32. The van der Waals surface area contributed by atoms with Crippen LogP contribution in [0.25, 0.3) is 0 Å². The number of aliphatic hydroxyl groups is 2. The first-order valence-corrected chi connectivity index (χ1v) is 13.6. The molecule has 4 aliphatic heterocycles. The lowest BCUT2D eigenvalue weighted by Gasteiger charge is -2.28. The molecule has 37 heavy (non-hydrogen) atoms. The van der Waals surface area contributed by atoms with Gasteiger partial charge >= 0.3 is 5.97 Å². The highest BCUT2D eigenvalue weighted by Gasteiger charge is 2.46. The molecule has 2 N–H and O–H groups in total. The fourth-order valence-corrected chi connectivity index (χ4v) is 5.45. The van der Waals surface area contributed by atoms with Gasteiger partial charge in [0, 0.05) is 12.5 Å². The summed E-state index contributed by atoms with van der Waals surface area (Å²) >= 11 is 0. The molecule has 0 unspecified atom stereocenters. The monoisotopic (exact) mass is 514 g/mol. The van der Waals surface area contributed by atoms with Gasteiger partial charge in [0.05, 0.1) is 37.1 Å². The highest BCUT2D eigenvalue weighted by Crippen LogP contribution is 2.35. The van der Waals surface area contributed by atoms with Crippen LogP contribution in [-0.2, 0) is 23.7 Å². The van der Waals surface area contributed by atoms with Crippen molar-refractivity contribution < 1.29 is 34.0 Å². The number of fused-ring (bicyclic) bond motifs is 3. The third kappa shape index (κ3) is 8.76. The van der Waals surface area contributed by atoms with Gasteiger partial charge in [-0.05, 0) is 51.4 Å². The number of esters is 1. The number of carbonyl (C=O) groups excluding carboxylic acids is 1. The molecule has 0 saturated carbocycles. The first-order chi connectivity index (χ1) is 17.8. The molecular weight excluding hydrogens is 472 g/mol. The molecule has 0 aliphatic carbocycles. The number of cyclic esters (lactones) is 1. The van der Waals surface area contributed by atoms with Crippen molar-refractivity contribution in [1.29, 1.82) is 0 Å². The Morgan fingerprint density at radius 2 is 1.97 bits per heavy atom. The maximum Gasteiger partial charge on any atom is 0.330 e. The molecule has 1 fully saturated rings. The Kier molecular flexibility index (Phi) is 9.96. The van der Waals surface area contributed by atoms with E-state index in [9.17, 15) is 15.0 Å². The largest absolute Gasteiger partial charge is 0.456 e. The van der Waals surface area contributed by atoms with Crippen molar-refractivity contribution in [3.63, 3.8) is 0 Å². The molecule has 9 atom stereocenters. The van der Waals surface area contributed by atoms with E-state index in [0.717, 1.165) is 31.3 Å². The summed E-state index contributed by atoms with van der Waals surface area (Å²) in [5.74, 6) is -0.141. The molecule has 0 amide bonds. The Bertz CT molecular complexity index is 919. The van der Waals surface area contributed by atoms with Gasteiger partial charge in [-0.3, -0.25) is 0 Å². The first-order valence-electron chi connectivity index (χ1n) is 13.6. The van der Waals surface area contributed by atoms with Crippen LogP contribution in [0.2, 0.25) is 0 Å². The minimum absolute atomic E-state index is 0.0863. The standard InChI is InChI=1S/C30H42O7/c1-19-12-13-34-23(15-19)10-11-25(31)27-18-28-30(37-28)26(32)17-21(3)14-20(2)16-24-8-4-6-22(35-24)7-5-9-29(33)36-27/h4-6,9-12,20,22-28,30-32H,3,7-8,13-18H2,1-2H3/b9-5?,11-10+/t20-,22-,23+,24-,25-,26-,27-,28-,30-/m0/s1. The number of ether oxygens (including phenoxy) is 4. The van der Waals surface area contributed by atoms with Crippen LogP contribution in [0.3, 0.4) is 0 Å². The lowest BCUT2D eigenvalue weighted by atomic mass is 9.91. The lowest BCUT2D eigenvalue weighted by molar-refractivity contribution is -0.148. The van der Waals surface area contributed by atoms with Crippen molar-refractivity contribution in [1.82, 2.24) is 0 Å². The Balaban J connectivity index is 1.44. The highest BCUT2D eigenvalue weighted by atomic mass is 16.6. The zero-order chi connectivity index (χ0) is 26.4. The van der Waals surface area contributed by atoms with E-state index in [4.69, 9.17) is 18.9 Å². The topological polar surface area (TPSA) is 97.8 Å². The van der Waals surface area contributed by atoms with E-state index in [0.29, 0.717) is 25.4 Å². The zero-order valence-electron chi connectivity index (χ0n) is 22.0. The van der Waals surface area contributed by atoms with Crippen molar-refractivity contribution >= 4 is 5.97 Å². The normalized spacial score (nSPS) is 38.8. The predicted octanol–water partition coefficient (Wildman–Crippen LogP) is 4.11. The van der Waals surface area contributed by atoms with Gasteiger partial charge in [0.15, 0.2) is 0 Å². The maximum absolute atomic E-state index is 12.6. The molecule has 7 heteroatoms. The van der Waals surface area contributed by atoms with Gasteiger partial charge in [-0.2, -0.15) is 0 Å². The molecule has 4 rings (SSSR count). The minimum Gasteiger partial charge on any atom is -0.456 e. The number of rotatable bonds is 3. The van der Waals surface area contributed by atoms with Gasteiger partial charge in [-0.15, -0.1) is 0 Å². The van der Waals surface area contributed by atoms with Crippen LogP contribution in [0.5, 0.6) is 0 Å². The Hall–Kier alpha value is -2.03. The van der Waals surface area contributed by atoms with Gasteiger partial charge in [0.25, 0.3) is 0 Å². The number of carbonyl (C=O) groups is 1. The average Bonchev–Trinajstić information content (AvgIpc) is 3.61. The number of epoxide rings is 1. The second-order valence-corrected chi connectivity index (χ2v) is 11.0. The average molecular weight is 515 g/mol. The maximum atomic E-state index is 12.6. The summed E-state index contributed by atoms with van der Waals surface area (Å²) in [7, 11) is 0. The molecule has 4 aliphatic rings. The van der Waals surface area contributed by atoms with E-state index < -0.39 is 24.3 Å². The van der Waals surface area contributed by atoms with Crippen LogP contribution in [-0.4, -0.2) is 71.6 Å². The number of hydrogen-bond donors (Lipinski definition) is 2. The van der Waals surface area contributed by atoms with Crippen LogP contribution in [0.4, 0.5) is 0 Å². The summed E-state index contributed by atoms with van der Waals surface area (Å²) in [4.78, 5) is 12.6. The fourth-order valence-electron chi connectivity index (χ4n) is 5.45. The molecule has 0 aromatic heterocycles. The fraction of sp³-hybridized carbons (Fsp3) is 0.633. The van der Waals surface area contributed by atoms with Crippen LogP contribution < -0.4 is 0 Å². The van der Waals surface area contributed by atoms with Crippen molar-refractivity contribution in [3.05, 3.63) is 60.3 Å². The van der Waals surface area contributed by atoms with Crippen LogP contribution in [0.1, 0.15) is 58.8 Å². The van der Waals surface area contributed by atoms with Gasteiger partial charge in [0.1, 0.15) is 18.3 Å². The SMILES string of the molecule is C=C1C[C@H](C)C[C@@H]2CC=C[C@@H](CC=CC(=O)O[C@H]([C@@H](O)/C=C/[C@@H]3CC(C)=CCO3)C[C@@H]3O[C@H]3[C@@H](O)C1)O2. The van der Waals surface area contributed by atoms with Crippen molar-refractivity contribution in [2.75, 3.05) is 6.61 Å². The van der Waals surface area contributed by atoms with Crippen LogP contribution in [0, 0.1) is 5.92 Å². The Morgan fingerprint density at radius 1 is 1.14 bits per heavy atom. The first kappa shape index (κ1) is 28.0. The van der Waals surface area contributed by atoms with Crippen LogP contribution in [0.15, 0.2) is 60.3 Å². The second kappa shape index (κ2) is 13.2. The Labute approximate surface area is 220 Å². The van der Waals surface area contributed by atoms with Crippen LogP contribution >= 0.6 is 0 Å². The van der Waals surface area contributed by atoms with E-state index in [-0.39, 0.29) is 36.9 Å². The quantitative estimate of drug-likeness (QED) is 0.332. The molecular formula is C30H42O7. The zero-order valence-corrected chi connectivity index (χ0v) is 22.0. The van der Waals surface area contributed by atoms with Gasteiger partial charge in [-0.25, -0.2) is 4.79 Å². The van der Waals surface area contributed by atoms with E-state index in [2.05, 4.69) is 26.5 Å². The Morgan fingerprint density at radius 3 is 2.78 bits per heavy atom. The highest BCUT2D eigenvalue weighted by molar-refractivity contribution is 5.82. The summed E-state index contributed by atoms with van der Waals surface area (Å²) in [5.41, 5.74) is 2.23. The van der Waals surface area contributed by atoms with Gasteiger partial charge in [-0.1, -0.05) is 61.1 Å². The molecule has 7 nitrogen and oxygen atoms in total. The van der Waals surface area contributed by atoms with Crippen molar-refractivity contribution in [2.45, 2.75) is 108 Å². The van der Waals surface area contributed by atoms with E-state index in [1.165, 1.54) is 11.6 Å². The van der Waals surface area contributed by atoms with Crippen molar-refractivity contribution in [2.24, 2.45) is 5.92 Å². The number of hydrogen-bond acceptors (Lipinski definition) is 7. The molecule has 204 valence electrons. The summed E-state index contributed by atoms with van der Waals surface area (Å²) in [6.07, 6.45) is 14.3. The predicted molar refractivity (Wildman–Crippen MR) is 141 cm³/mol. The molecule has 0 aromatic carbocycles. The van der Waals surface area contributed by atoms with Gasteiger partial charge in [0.2, 0.25) is 0 Å². The molecule has 4 heterocycles. The molecule has 1 saturated heterocycles. The summed E-state index contributed by atoms with van der Waals surface area (Å²) in [5, 5.41) is 21.7. The molecule has 0 radical (unpaired) electrons. The van der Waals surface area contributed by atoms with Crippen molar-refractivity contribution in [3.8, 4) is 0 Å². The van der Waals surface area contributed by atoms with E-state index >= 15 is 0 Å². The summed E-state index contributed by atoms with van der Waals surface area (Å²) < 4.78 is 23.4. The minimum atomic E-state index is -1.03. The summed E-state index contributed by atoms with van der Waals surface area (Å²) in [6, 6.07) is 0. The van der Waals surface area contributed by atoms with E-state index in [1.54, 1.807) is 12.2 Å². The van der Waals surface area contributed by atoms with Gasteiger partial charge < -0.3 is 29.2 Å². The molecule has 2 bridgehead atoms. The van der Waals surface area contributed by atoms with E-state index in [1.807, 2.05) is 18.2 Å². The molecule has 0 aromatic rings.